The minimum absolute atomic E-state index is 0.450. The second-order valence-corrected chi connectivity index (χ2v) is 6.02. The lowest BCUT2D eigenvalue weighted by Gasteiger charge is -2.39. The number of aromatic nitrogens is 2. The Balaban J connectivity index is 1.80. The molecule has 1 aromatic rings. The molecule has 18 heavy (non-hydrogen) atoms. The molecule has 0 spiro atoms. The van der Waals surface area contributed by atoms with Gasteiger partial charge >= 0.3 is 0 Å². The van der Waals surface area contributed by atoms with Crippen molar-refractivity contribution in [1.82, 2.24) is 15.1 Å². The predicted molar refractivity (Wildman–Crippen MR) is 74.0 cm³/mol. The monoisotopic (exact) mass is 248 g/mol. The van der Waals surface area contributed by atoms with E-state index in [0.29, 0.717) is 24.2 Å². The first kappa shape index (κ1) is 12.0. The zero-order chi connectivity index (χ0) is 12.7. The van der Waals surface area contributed by atoms with E-state index in [1.54, 1.807) is 0 Å². The summed E-state index contributed by atoms with van der Waals surface area (Å²) in [5.74, 6) is 0. The number of hydrogen-bond donors (Lipinski definition) is 1. The average molecular weight is 248 g/mol. The molecule has 2 saturated heterocycles. The fourth-order valence-corrected chi connectivity index (χ4v) is 3.58. The van der Waals surface area contributed by atoms with E-state index in [2.05, 4.69) is 47.1 Å². The van der Waals surface area contributed by atoms with Crippen LogP contribution in [0.5, 0.6) is 0 Å². The zero-order valence-corrected chi connectivity index (χ0v) is 11.6. The highest BCUT2D eigenvalue weighted by Crippen LogP contribution is 2.39. The van der Waals surface area contributed by atoms with Gasteiger partial charge in [0.1, 0.15) is 0 Å². The highest BCUT2D eigenvalue weighted by atomic mass is 15.3. The van der Waals surface area contributed by atoms with Crippen LogP contribution < -0.4 is 10.2 Å². The van der Waals surface area contributed by atoms with Gasteiger partial charge in [0.05, 0.1) is 11.9 Å². The third-order valence-electron chi connectivity index (χ3n) is 4.56. The molecular weight excluding hydrogens is 224 g/mol. The summed E-state index contributed by atoms with van der Waals surface area (Å²) in [4.78, 5) is 2.62. The molecule has 2 aliphatic heterocycles. The maximum Gasteiger partial charge on any atom is 0.0757 e. The van der Waals surface area contributed by atoms with Gasteiger partial charge in [0.15, 0.2) is 0 Å². The molecule has 1 N–H and O–H groups in total. The first-order chi connectivity index (χ1) is 8.69. The Morgan fingerprint density at radius 3 is 2.44 bits per heavy atom. The predicted octanol–water partition coefficient (Wildman–Crippen LogP) is 2.18. The maximum absolute atomic E-state index is 4.49. The minimum atomic E-state index is 0.450. The molecule has 3 rings (SSSR count). The van der Waals surface area contributed by atoms with Gasteiger partial charge in [-0.3, -0.25) is 4.68 Å². The normalized spacial score (nSPS) is 31.3. The average Bonchev–Trinajstić information content (AvgIpc) is 2.92. The van der Waals surface area contributed by atoms with Crippen LogP contribution in [0.1, 0.15) is 45.6 Å². The van der Waals surface area contributed by atoms with Gasteiger partial charge in [-0.25, -0.2) is 0 Å². The van der Waals surface area contributed by atoms with Gasteiger partial charge in [-0.15, -0.1) is 0 Å². The summed E-state index contributed by atoms with van der Waals surface area (Å²) in [5.41, 5.74) is 1.32. The third-order valence-corrected chi connectivity index (χ3v) is 4.56. The van der Waals surface area contributed by atoms with Crippen LogP contribution in [-0.2, 0) is 0 Å². The van der Waals surface area contributed by atoms with Crippen LogP contribution in [0, 0.1) is 0 Å². The topological polar surface area (TPSA) is 33.1 Å². The quantitative estimate of drug-likeness (QED) is 0.890. The van der Waals surface area contributed by atoms with Crippen molar-refractivity contribution in [2.24, 2.45) is 0 Å². The van der Waals surface area contributed by atoms with E-state index in [1.807, 2.05) is 6.20 Å². The maximum atomic E-state index is 4.49. The lowest BCUT2D eigenvalue weighted by molar-refractivity contribution is 0.373. The standard InChI is InChI=1S/C14H24N4/c1-10(2)17-9-14(8-16-17)18-12-4-5-13(18)7-11(6-12)15-3/h8-13,15H,4-7H2,1-3H3. The molecule has 0 aliphatic carbocycles. The lowest BCUT2D eigenvalue weighted by Crippen LogP contribution is -2.48. The molecule has 2 unspecified atom stereocenters. The first-order valence-corrected chi connectivity index (χ1v) is 7.18. The van der Waals surface area contributed by atoms with Crippen LogP contribution in [0.15, 0.2) is 12.4 Å². The molecule has 0 aromatic carbocycles. The molecule has 2 atom stereocenters. The van der Waals surface area contributed by atoms with Gasteiger partial charge in [0.25, 0.3) is 0 Å². The van der Waals surface area contributed by atoms with E-state index in [1.165, 1.54) is 31.4 Å². The molecule has 2 aliphatic rings. The molecule has 0 saturated carbocycles. The number of nitrogens with zero attached hydrogens (tertiary/aromatic N) is 3. The van der Waals surface area contributed by atoms with Crippen LogP contribution in [0.25, 0.3) is 0 Å². The second kappa shape index (κ2) is 4.57. The van der Waals surface area contributed by atoms with Crippen LogP contribution in [0.4, 0.5) is 5.69 Å². The second-order valence-electron chi connectivity index (χ2n) is 6.02. The van der Waals surface area contributed by atoms with E-state index >= 15 is 0 Å². The number of anilines is 1. The fraction of sp³-hybridized carbons (Fsp3) is 0.786. The molecule has 100 valence electrons. The van der Waals surface area contributed by atoms with Gasteiger partial charge in [0.2, 0.25) is 0 Å². The van der Waals surface area contributed by atoms with Crippen molar-refractivity contribution in [3.8, 4) is 0 Å². The number of rotatable bonds is 3. The molecule has 0 amide bonds. The van der Waals surface area contributed by atoms with Crippen molar-refractivity contribution in [2.75, 3.05) is 11.9 Å². The Kier molecular flexibility index (Phi) is 3.06. The van der Waals surface area contributed by atoms with Crippen molar-refractivity contribution < 1.29 is 0 Å². The van der Waals surface area contributed by atoms with E-state index in [9.17, 15) is 0 Å². The Morgan fingerprint density at radius 1 is 1.28 bits per heavy atom. The summed E-state index contributed by atoms with van der Waals surface area (Å²) < 4.78 is 2.07. The molecule has 4 heteroatoms. The molecule has 2 fully saturated rings. The summed E-state index contributed by atoms with van der Waals surface area (Å²) >= 11 is 0. The minimum Gasteiger partial charge on any atom is -0.363 e. The summed E-state index contributed by atoms with van der Waals surface area (Å²) in [7, 11) is 2.09. The van der Waals surface area contributed by atoms with Crippen molar-refractivity contribution in [3.05, 3.63) is 12.4 Å². The SMILES string of the molecule is CNC1CC2CCC(C1)N2c1cnn(C(C)C)c1. The van der Waals surface area contributed by atoms with Gasteiger partial charge in [-0.05, 0) is 46.6 Å². The van der Waals surface area contributed by atoms with E-state index in [4.69, 9.17) is 0 Å². The van der Waals surface area contributed by atoms with E-state index in [-0.39, 0.29) is 0 Å². The summed E-state index contributed by atoms with van der Waals surface area (Å²) in [6.07, 6.45) is 9.51. The summed E-state index contributed by atoms with van der Waals surface area (Å²) in [6.45, 7) is 4.36. The van der Waals surface area contributed by atoms with E-state index < -0.39 is 0 Å². The first-order valence-electron chi connectivity index (χ1n) is 7.18. The Hall–Kier alpha value is -1.03. The smallest absolute Gasteiger partial charge is 0.0757 e. The van der Waals surface area contributed by atoms with Crippen molar-refractivity contribution in [3.63, 3.8) is 0 Å². The summed E-state index contributed by atoms with van der Waals surface area (Å²) in [5, 5.41) is 7.94. The van der Waals surface area contributed by atoms with Crippen molar-refractivity contribution in [2.45, 2.75) is 63.7 Å². The number of hydrogen-bond acceptors (Lipinski definition) is 3. The van der Waals surface area contributed by atoms with Crippen LogP contribution in [0.3, 0.4) is 0 Å². The van der Waals surface area contributed by atoms with Crippen LogP contribution >= 0.6 is 0 Å². The molecule has 3 heterocycles. The Labute approximate surface area is 109 Å². The fourth-order valence-electron chi connectivity index (χ4n) is 3.58. The summed E-state index contributed by atoms with van der Waals surface area (Å²) in [6, 6.07) is 2.59. The molecule has 2 bridgehead atoms. The molecule has 1 aromatic heterocycles. The Morgan fingerprint density at radius 2 is 1.94 bits per heavy atom. The number of nitrogens with one attached hydrogen (secondary N) is 1. The number of piperidine rings is 1. The van der Waals surface area contributed by atoms with Gasteiger partial charge in [-0.2, -0.15) is 5.10 Å². The van der Waals surface area contributed by atoms with Crippen LogP contribution in [0.2, 0.25) is 0 Å². The number of fused-ring (bicyclic) bond motifs is 2. The van der Waals surface area contributed by atoms with E-state index in [0.717, 1.165) is 0 Å². The highest BCUT2D eigenvalue weighted by Gasteiger charge is 2.40. The largest absolute Gasteiger partial charge is 0.363 e. The zero-order valence-electron chi connectivity index (χ0n) is 11.6. The van der Waals surface area contributed by atoms with Crippen LogP contribution in [-0.4, -0.2) is 35.0 Å². The lowest BCUT2D eigenvalue weighted by atomic mass is 9.97. The van der Waals surface area contributed by atoms with Crippen molar-refractivity contribution >= 4 is 5.69 Å². The van der Waals surface area contributed by atoms with Gasteiger partial charge in [0, 0.05) is 30.4 Å². The van der Waals surface area contributed by atoms with Gasteiger partial charge in [-0.1, -0.05) is 0 Å². The highest BCUT2D eigenvalue weighted by molar-refractivity contribution is 5.47. The molecule has 4 nitrogen and oxygen atoms in total. The molecular formula is C14H24N4. The Bertz CT molecular complexity index is 398. The van der Waals surface area contributed by atoms with Crippen molar-refractivity contribution in [1.29, 1.82) is 0 Å². The van der Waals surface area contributed by atoms with Gasteiger partial charge < -0.3 is 10.2 Å². The third kappa shape index (κ3) is 1.92. The molecule has 0 radical (unpaired) electrons.